The zero-order chi connectivity index (χ0) is 17.3. The van der Waals surface area contributed by atoms with Crippen molar-refractivity contribution in [2.45, 2.75) is 70.7 Å². The van der Waals surface area contributed by atoms with Gasteiger partial charge in [-0.15, -0.1) is 12.3 Å². The molecule has 0 amide bonds. The fraction of sp³-hybridized carbons (Fsp3) is 0.810. The molecule has 0 heterocycles. The molecular weight excluding hydrogens is 300 g/mol. The molecule has 3 nitrogen and oxygen atoms in total. The lowest BCUT2D eigenvalue weighted by Gasteiger charge is -2.60. The first-order valence-electron chi connectivity index (χ1n) is 9.54. The normalized spacial score (nSPS) is 56.5. The summed E-state index contributed by atoms with van der Waals surface area (Å²) in [4.78, 5) is 0. The molecule has 24 heavy (non-hydrogen) atoms. The maximum atomic E-state index is 11.0. The standard InChI is InChI=1S/C21H30O3/c1-4-12-9-14(22)10-13-11-17(23)19-15-5-6-18(24)20(15,2)8-7-16(19)21(12,13)3/h1,11-12,14-19,22-24H,5-10H2,2-3H3/t12?,14-,15-,16-,17-,18+,19-,20-,21-/m0/s1. The van der Waals surface area contributed by atoms with Crippen LogP contribution in [-0.2, 0) is 0 Å². The van der Waals surface area contributed by atoms with Gasteiger partial charge in [0.1, 0.15) is 0 Å². The van der Waals surface area contributed by atoms with Gasteiger partial charge in [-0.3, -0.25) is 0 Å². The fourth-order valence-electron chi connectivity index (χ4n) is 6.94. The highest BCUT2D eigenvalue weighted by Crippen LogP contribution is 2.65. The number of aliphatic hydroxyl groups excluding tert-OH is 3. The summed E-state index contributed by atoms with van der Waals surface area (Å²) in [5.74, 6) is 3.89. The van der Waals surface area contributed by atoms with Crippen LogP contribution in [0.1, 0.15) is 52.4 Å². The lowest BCUT2D eigenvalue weighted by molar-refractivity contribution is -0.113. The van der Waals surface area contributed by atoms with Crippen molar-refractivity contribution in [3.8, 4) is 12.3 Å². The molecule has 0 bridgehead atoms. The zero-order valence-corrected chi connectivity index (χ0v) is 14.8. The van der Waals surface area contributed by atoms with E-state index in [1.807, 2.05) is 6.08 Å². The van der Waals surface area contributed by atoms with Gasteiger partial charge in [0.05, 0.1) is 18.3 Å². The SMILES string of the molecule is C#CC1C[C@H](O)CC2=C[C@H](O)[C@H]3[C@@H]4CC[C@@H](O)[C@@]4(C)CC[C@@H]3[C@]21C. The van der Waals surface area contributed by atoms with Crippen LogP contribution in [0.2, 0.25) is 0 Å². The Bertz CT molecular complexity index is 605. The molecule has 3 heteroatoms. The van der Waals surface area contributed by atoms with Crippen molar-refractivity contribution in [1.82, 2.24) is 0 Å². The third-order valence-electron chi connectivity index (χ3n) is 8.40. The van der Waals surface area contributed by atoms with Gasteiger partial charge in [-0.25, -0.2) is 0 Å². The highest BCUT2D eigenvalue weighted by molar-refractivity contribution is 5.32. The third-order valence-corrected chi connectivity index (χ3v) is 8.40. The van der Waals surface area contributed by atoms with Crippen molar-refractivity contribution < 1.29 is 15.3 Å². The molecule has 4 rings (SSSR count). The van der Waals surface area contributed by atoms with Gasteiger partial charge < -0.3 is 15.3 Å². The van der Waals surface area contributed by atoms with E-state index in [9.17, 15) is 15.3 Å². The molecule has 4 aliphatic rings. The van der Waals surface area contributed by atoms with Crippen LogP contribution in [0, 0.1) is 46.8 Å². The van der Waals surface area contributed by atoms with Gasteiger partial charge in [-0.2, -0.15) is 0 Å². The van der Waals surface area contributed by atoms with Crippen molar-refractivity contribution in [3.63, 3.8) is 0 Å². The van der Waals surface area contributed by atoms with Crippen LogP contribution in [0.5, 0.6) is 0 Å². The van der Waals surface area contributed by atoms with E-state index >= 15 is 0 Å². The second-order valence-corrected chi connectivity index (χ2v) is 9.21. The van der Waals surface area contributed by atoms with E-state index in [-0.39, 0.29) is 28.8 Å². The fourth-order valence-corrected chi connectivity index (χ4v) is 6.94. The molecule has 0 aliphatic heterocycles. The van der Waals surface area contributed by atoms with E-state index in [4.69, 9.17) is 6.42 Å². The second-order valence-electron chi connectivity index (χ2n) is 9.21. The van der Waals surface area contributed by atoms with Crippen LogP contribution in [0.25, 0.3) is 0 Å². The Labute approximate surface area is 145 Å². The highest BCUT2D eigenvalue weighted by atomic mass is 16.3. The number of terminal acetylenes is 1. The smallest absolute Gasteiger partial charge is 0.0757 e. The van der Waals surface area contributed by atoms with Gasteiger partial charge >= 0.3 is 0 Å². The Balaban J connectivity index is 1.78. The minimum atomic E-state index is -0.475. The first-order valence-corrected chi connectivity index (χ1v) is 9.54. The maximum Gasteiger partial charge on any atom is 0.0757 e. The number of hydrogen-bond donors (Lipinski definition) is 3. The minimum absolute atomic E-state index is 0.0307. The van der Waals surface area contributed by atoms with E-state index in [0.29, 0.717) is 24.7 Å². The van der Waals surface area contributed by atoms with Gasteiger partial charge in [0.2, 0.25) is 0 Å². The summed E-state index contributed by atoms with van der Waals surface area (Å²) in [5, 5.41) is 31.7. The van der Waals surface area contributed by atoms with E-state index in [2.05, 4.69) is 19.8 Å². The van der Waals surface area contributed by atoms with Crippen molar-refractivity contribution in [2.24, 2.45) is 34.5 Å². The average Bonchev–Trinajstić information content (AvgIpc) is 2.84. The summed E-state index contributed by atoms with van der Waals surface area (Å²) in [5.41, 5.74) is 0.983. The summed E-state index contributed by atoms with van der Waals surface area (Å²) in [6.45, 7) is 4.48. The van der Waals surface area contributed by atoms with Crippen molar-refractivity contribution in [3.05, 3.63) is 11.6 Å². The van der Waals surface area contributed by atoms with E-state index in [1.54, 1.807) is 0 Å². The molecule has 0 radical (unpaired) electrons. The Morgan fingerprint density at radius 1 is 1.12 bits per heavy atom. The third kappa shape index (κ3) is 1.97. The first-order chi connectivity index (χ1) is 11.3. The molecule has 0 saturated heterocycles. The molecule has 0 spiro atoms. The van der Waals surface area contributed by atoms with E-state index in [0.717, 1.165) is 25.7 Å². The van der Waals surface area contributed by atoms with Crippen LogP contribution in [0.15, 0.2) is 11.6 Å². The van der Waals surface area contributed by atoms with Gasteiger partial charge in [-0.05, 0) is 61.7 Å². The molecule has 9 atom stereocenters. The summed E-state index contributed by atoms with van der Waals surface area (Å²) in [6, 6.07) is 0. The van der Waals surface area contributed by atoms with Crippen molar-refractivity contribution >= 4 is 0 Å². The minimum Gasteiger partial charge on any atom is -0.393 e. The summed E-state index contributed by atoms with van der Waals surface area (Å²) >= 11 is 0. The number of aliphatic hydroxyl groups is 3. The van der Waals surface area contributed by atoms with Gasteiger partial charge in [0.25, 0.3) is 0 Å². The molecule has 4 aliphatic carbocycles. The summed E-state index contributed by atoms with van der Waals surface area (Å²) < 4.78 is 0. The predicted molar refractivity (Wildman–Crippen MR) is 92.8 cm³/mol. The largest absolute Gasteiger partial charge is 0.393 e. The Morgan fingerprint density at radius 2 is 1.88 bits per heavy atom. The Hall–Kier alpha value is -0.820. The first kappa shape index (κ1) is 16.6. The molecule has 3 saturated carbocycles. The molecular formula is C21H30O3. The predicted octanol–water partition coefficient (Wildman–Crippen LogP) is 2.50. The Morgan fingerprint density at radius 3 is 2.58 bits per heavy atom. The summed E-state index contributed by atoms with van der Waals surface area (Å²) in [6.07, 6.45) is 11.9. The monoisotopic (exact) mass is 330 g/mol. The van der Waals surface area contributed by atoms with Crippen molar-refractivity contribution in [1.29, 1.82) is 0 Å². The number of fused-ring (bicyclic) bond motifs is 5. The molecule has 0 aromatic heterocycles. The van der Waals surface area contributed by atoms with Gasteiger partial charge in [0.15, 0.2) is 0 Å². The van der Waals surface area contributed by atoms with Gasteiger partial charge in [0, 0.05) is 11.3 Å². The van der Waals surface area contributed by atoms with Crippen LogP contribution in [-0.4, -0.2) is 33.6 Å². The topological polar surface area (TPSA) is 60.7 Å². The molecule has 3 N–H and O–H groups in total. The summed E-state index contributed by atoms with van der Waals surface area (Å²) in [7, 11) is 0. The lowest BCUT2D eigenvalue weighted by Crippen LogP contribution is -2.57. The second kappa shape index (κ2) is 5.34. The van der Waals surface area contributed by atoms with Crippen LogP contribution < -0.4 is 0 Å². The van der Waals surface area contributed by atoms with Crippen LogP contribution >= 0.6 is 0 Å². The molecule has 0 aromatic rings. The van der Waals surface area contributed by atoms with Crippen LogP contribution in [0.4, 0.5) is 0 Å². The van der Waals surface area contributed by atoms with E-state index < -0.39 is 12.2 Å². The molecule has 1 unspecified atom stereocenters. The quantitative estimate of drug-likeness (QED) is 0.472. The molecule has 0 aromatic carbocycles. The lowest BCUT2D eigenvalue weighted by atomic mass is 9.45. The zero-order valence-electron chi connectivity index (χ0n) is 14.8. The van der Waals surface area contributed by atoms with Crippen molar-refractivity contribution in [2.75, 3.05) is 0 Å². The average molecular weight is 330 g/mol. The maximum absolute atomic E-state index is 11.0. The number of hydrogen-bond acceptors (Lipinski definition) is 3. The van der Waals surface area contributed by atoms with E-state index in [1.165, 1.54) is 5.57 Å². The van der Waals surface area contributed by atoms with Gasteiger partial charge in [-0.1, -0.05) is 25.5 Å². The van der Waals surface area contributed by atoms with Crippen LogP contribution in [0.3, 0.4) is 0 Å². The Kier molecular flexibility index (Phi) is 3.70. The number of rotatable bonds is 0. The highest BCUT2D eigenvalue weighted by Gasteiger charge is 2.62. The molecule has 132 valence electrons. The molecule has 3 fully saturated rings.